The monoisotopic (exact) mass is 533 g/mol. The fourth-order valence-electron chi connectivity index (χ4n) is 4.11. The summed E-state index contributed by atoms with van der Waals surface area (Å²) in [5.41, 5.74) is 2.02. The van der Waals surface area contributed by atoms with Crippen molar-refractivity contribution in [3.63, 3.8) is 0 Å². The highest BCUT2D eigenvalue weighted by Gasteiger charge is 2.62. The summed E-state index contributed by atoms with van der Waals surface area (Å²) in [6.45, 7) is 4.27. The van der Waals surface area contributed by atoms with Gasteiger partial charge >= 0.3 is 6.03 Å². The van der Waals surface area contributed by atoms with Crippen molar-refractivity contribution in [2.45, 2.75) is 37.8 Å². The average Bonchev–Trinajstić information content (AvgIpc) is 3.33. The van der Waals surface area contributed by atoms with E-state index in [4.69, 9.17) is 0 Å². The molecule has 33 heavy (non-hydrogen) atoms. The van der Waals surface area contributed by atoms with Crippen LogP contribution >= 0.6 is 27.3 Å². The van der Waals surface area contributed by atoms with Gasteiger partial charge in [0.1, 0.15) is 5.54 Å². The summed E-state index contributed by atoms with van der Waals surface area (Å²) in [5, 5.41) is 11.3. The van der Waals surface area contributed by atoms with E-state index in [-0.39, 0.29) is 17.8 Å². The molecule has 2 heterocycles. The van der Waals surface area contributed by atoms with E-state index in [1.54, 1.807) is 12.1 Å². The number of urea groups is 1. The first-order valence-electron chi connectivity index (χ1n) is 11.0. The van der Waals surface area contributed by atoms with Crippen molar-refractivity contribution < 1.29 is 14.4 Å². The fourth-order valence-corrected chi connectivity index (χ4v) is 5.39. The number of carbonyl (C=O) groups excluding carboxylic acids is 3. The van der Waals surface area contributed by atoms with Crippen molar-refractivity contribution in [3.05, 3.63) is 50.1 Å². The number of anilines is 1. The van der Waals surface area contributed by atoms with E-state index in [1.165, 1.54) is 22.5 Å². The number of amides is 4. The van der Waals surface area contributed by atoms with Crippen LogP contribution in [-0.2, 0) is 17.6 Å². The summed E-state index contributed by atoms with van der Waals surface area (Å²) in [7, 11) is 2.11. The Labute approximate surface area is 205 Å². The minimum Gasteiger partial charge on any atom is -0.338 e. The zero-order valence-electron chi connectivity index (χ0n) is 18.7. The Bertz CT molecular complexity index is 1070. The van der Waals surface area contributed by atoms with Gasteiger partial charge in [-0.25, -0.2) is 4.79 Å². The second-order valence-electron chi connectivity index (χ2n) is 8.53. The van der Waals surface area contributed by atoms with Gasteiger partial charge in [-0.1, -0.05) is 6.07 Å². The number of fused-ring (bicyclic) bond motifs is 1. The molecule has 0 spiro atoms. The molecular weight excluding hydrogens is 506 g/mol. The molecule has 0 saturated heterocycles. The molecule has 8 nitrogen and oxygen atoms in total. The van der Waals surface area contributed by atoms with E-state index in [0.717, 1.165) is 29.7 Å². The van der Waals surface area contributed by atoms with E-state index >= 15 is 0 Å². The third-order valence-corrected chi connectivity index (χ3v) is 7.75. The van der Waals surface area contributed by atoms with Gasteiger partial charge in [0.15, 0.2) is 0 Å². The summed E-state index contributed by atoms with van der Waals surface area (Å²) in [4.78, 5) is 41.1. The molecule has 1 aliphatic carbocycles. The van der Waals surface area contributed by atoms with Crippen LogP contribution in [0.2, 0.25) is 0 Å². The predicted molar refractivity (Wildman–Crippen MR) is 133 cm³/mol. The maximum Gasteiger partial charge on any atom is 0.315 e. The van der Waals surface area contributed by atoms with Crippen LogP contribution in [-0.4, -0.2) is 61.0 Å². The Morgan fingerprint density at radius 2 is 1.91 bits per heavy atom. The SMILES string of the molecule is CCNC(=O)N[C@@H]1C[C@@]1(NC(=O)c1ccc(Br)s1)C(=O)Nc1ccc2c(c1)CCN(C)CC2. The number of thiophene rings is 1. The van der Waals surface area contributed by atoms with Crippen LogP contribution in [0.4, 0.5) is 10.5 Å². The van der Waals surface area contributed by atoms with Crippen molar-refractivity contribution in [1.29, 1.82) is 0 Å². The number of nitrogens with one attached hydrogen (secondary N) is 4. The highest BCUT2D eigenvalue weighted by atomic mass is 79.9. The van der Waals surface area contributed by atoms with Crippen molar-refractivity contribution >= 4 is 50.8 Å². The lowest BCUT2D eigenvalue weighted by Crippen LogP contribution is -2.52. The van der Waals surface area contributed by atoms with Gasteiger partial charge in [-0.05, 0) is 78.1 Å². The molecule has 4 N–H and O–H groups in total. The topological polar surface area (TPSA) is 103 Å². The summed E-state index contributed by atoms with van der Waals surface area (Å²) >= 11 is 4.65. The highest BCUT2D eigenvalue weighted by molar-refractivity contribution is 9.11. The molecule has 10 heteroatoms. The van der Waals surface area contributed by atoms with Crippen LogP contribution in [0.5, 0.6) is 0 Å². The first kappa shape index (κ1) is 23.7. The molecule has 0 unspecified atom stereocenters. The Kier molecular flexibility index (Phi) is 7.06. The van der Waals surface area contributed by atoms with Gasteiger partial charge in [0.2, 0.25) is 0 Å². The highest BCUT2D eigenvalue weighted by Crippen LogP contribution is 2.38. The van der Waals surface area contributed by atoms with E-state index in [1.807, 2.05) is 19.1 Å². The summed E-state index contributed by atoms with van der Waals surface area (Å²) in [6.07, 6.45) is 2.23. The third-order valence-electron chi connectivity index (χ3n) is 6.13. The minimum absolute atomic E-state index is 0.323. The smallest absolute Gasteiger partial charge is 0.315 e. The van der Waals surface area contributed by atoms with Gasteiger partial charge in [0.25, 0.3) is 11.8 Å². The van der Waals surface area contributed by atoms with Crippen LogP contribution in [0.25, 0.3) is 0 Å². The quantitative estimate of drug-likeness (QED) is 0.458. The molecule has 1 aromatic heterocycles. The molecule has 2 aromatic rings. The summed E-state index contributed by atoms with van der Waals surface area (Å²) in [5.74, 6) is -0.676. The Morgan fingerprint density at radius 1 is 1.15 bits per heavy atom. The maximum atomic E-state index is 13.4. The Morgan fingerprint density at radius 3 is 2.61 bits per heavy atom. The average molecular weight is 534 g/mol. The fraction of sp³-hybridized carbons (Fsp3) is 0.435. The normalized spacial score (nSPS) is 22.0. The Hall–Kier alpha value is -2.43. The van der Waals surface area contributed by atoms with Crippen LogP contribution in [0.15, 0.2) is 34.1 Å². The van der Waals surface area contributed by atoms with Crippen molar-refractivity contribution in [1.82, 2.24) is 20.9 Å². The lowest BCUT2D eigenvalue weighted by molar-refractivity contribution is -0.119. The molecular formula is C23H28BrN5O3S. The molecule has 0 bridgehead atoms. The van der Waals surface area contributed by atoms with Crippen molar-refractivity contribution in [3.8, 4) is 0 Å². The standard InChI is InChI=1S/C23H28BrN5O3S/c1-3-25-22(32)27-18-13-23(18,28-20(30)17-6-7-19(24)33-17)21(31)26-16-5-4-14-8-10-29(2)11-9-15(14)12-16/h4-7,12,18H,3,8-11,13H2,1-2H3,(H,26,31)(H,28,30)(H2,25,27,32)/t18-,23+/m1/s1. The molecule has 176 valence electrons. The zero-order chi connectivity index (χ0) is 23.6. The lowest BCUT2D eigenvalue weighted by atomic mass is 10.0. The summed E-state index contributed by atoms with van der Waals surface area (Å²) < 4.78 is 0.828. The van der Waals surface area contributed by atoms with E-state index < -0.39 is 11.6 Å². The van der Waals surface area contributed by atoms with Crippen LogP contribution < -0.4 is 21.3 Å². The largest absolute Gasteiger partial charge is 0.338 e. The van der Waals surface area contributed by atoms with Gasteiger partial charge in [0.05, 0.1) is 14.7 Å². The van der Waals surface area contributed by atoms with Gasteiger partial charge in [0, 0.05) is 31.7 Å². The summed E-state index contributed by atoms with van der Waals surface area (Å²) in [6, 6.07) is 8.63. The van der Waals surface area contributed by atoms with E-state index in [2.05, 4.69) is 55.2 Å². The number of likely N-dealkylation sites (N-methyl/N-ethyl adjacent to an activating group) is 1. The number of rotatable bonds is 6. The second kappa shape index (κ2) is 9.82. The van der Waals surface area contributed by atoms with Crippen molar-refractivity contribution in [2.75, 3.05) is 32.0 Å². The maximum absolute atomic E-state index is 13.4. The molecule has 4 rings (SSSR count). The molecule has 2 aliphatic rings. The molecule has 4 amide bonds. The first-order valence-corrected chi connectivity index (χ1v) is 12.7. The predicted octanol–water partition coefficient (Wildman–Crippen LogP) is 2.74. The first-order chi connectivity index (χ1) is 15.8. The number of benzene rings is 1. The van der Waals surface area contributed by atoms with Crippen LogP contribution in [0.1, 0.15) is 34.1 Å². The minimum atomic E-state index is -1.20. The Balaban J connectivity index is 1.51. The number of hydrogen-bond acceptors (Lipinski definition) is 5. The van der Waals surface area contributed by atoms with Crippen molar-refractivity contribution in [2.24, 2.45) is 0 Å². The van der Waals surface area contributed by atoms with Gasteiger partial charge < -0.3 is 26.2 Å². The molecule has 1 fully saturated rings. The van der Waals surface area contributed by atoms with Crippen LogP contribution in [0.3, 0.4) is 0 Å². The molecule has 1 aromatic carbocycles. The third kappa shape index (κ3) is 5.39. The number of carbonyl (C=O) groups is 3. The lowest BCUT2D eigenvalue weighted by Gasteiger charge is -2.20. The van der Waals surface area contributed by atoms with Crippen LogP contribution in [0, 0.1) is 0 Å². The molecule has 2 atom stereocenters. The number of halogens is 1. The molecule has 1 saturated carbocycles. The van der Waals surface area contributed by atoms with E-state index in [0.29, 0.717) is 23.5 Å². The van der Waals surface area contributed by atoms with Gasteiger partial charge in [-0.3, -0.25) is 9.59 Å². The van der Waals surface area contributed by atoms with Gasteiger partial charge in [-0.15, -0.1) is 11.3 Å². The molecule has 1 aliphatic heterocycles. The number of nitrogens with zero attached hydrogens (tertiary/aromatic N) is 1. The zero-order valence-corrected chi connectivity index (χ0v) is 21.1. The van der Waals surface area contributed by atoms with E-state index in [9.17, 15) is 14.4 Å². The molecule has 0 radical (unpaired) electrons. The number of hydrogen-bond donors (Lipinski definition) is 4. The second-order valence-corrected chi connectivity index (χ2v) is 11.0. The van der Waals surface area contributed by atoms with Gasteiger partial charge in [-0.2, -0.15) is 0 Å².